The highest BCUT2D eigenvalue weighted by Crippen LogP contribution is 2.20. The van der Waals surface area contributed by atoms with Gasteiger partial charge < -0.3 is 27.9 Å². The van der Waals surface area contributed by atoms with Crippen molar-refractivity contribution in [3.8, 4) is 0 Å². The Morgan fingerprint density at radius 2 is 1.24 bits per heavy atom. The maximum Gasteiger partial charge on any atom is 0.673 e. The number of benzene rings is 2. The number of halogens is 7. The van der Waals surface area contributed by atoms with E-state index in [9.17, 15) is 30.4 Å². The SMILES string of the molecule is CCNCC=Cc1ccccc1.CC[NH2+]CC=Cc1ccccc1.F[B-](F)(F)F.O=S(=O)(O)C(F)(F)F. The van der Waals surface area contributed by atoms with Crippen molar-refractivity contribution in [3.63, 3.8) is 0 Å². The second-order valence-electron chi connectivity index (χ2n) is 6.78. The molecule has 0 aliphatic heterocycles. The van der Waals surface area contributed by atoms with Gasteiger partial charge in [0.05, 0.1) is 13.1 Å². The van der Waals surface area contributed by atoms with Crippen molar-refractivity contribution in [2.75, 3.05) is 26.2 Å². The highest BCUT2D eigenvalue weighted by molar-refractivity contribution is 7.86. The topological polar surface area (TPSA) is 83.0 Å². The van der Waals surface area contributed by atoms with Crippen molar-refractivity contribution in [1.29, 1.82) is 0 Å². The van der Waals surface area contributed by atoms with E-state index in [1.165, 1.54) is 11.1 Å². The quantitative estimate of drug-likeness (QED) is 0.135. The molecule has 2 aromatic carbocycles. The Balaban J connectivity index is 0. The minimum atomic E-state index is -6.00. The zero-order chi connectivity index (χ0) is 28.8. The summed E-state index contributed by atoms with van der Waals surface area (Å²) in [5.41, 5.74) is -3.00. The fourth-order valence-corrected chi connectivity index (χ4v) is 2.02. The third-order valence-corrected chi connectivity index (χ3v) is 4.20. The monoisotopic (exact) mass is 560 g/mol. The molecule has 2 aromatic rings. The molecule has 0 aromatic heterocycles. The van der Waals surface area contributed by atoms with Gasteiger partial charge in [0, 0.05) is 6.54 Å². The number of rotatable bonds is 8. The molecule has 37 heavy (non-hydrogen) atoms. The molecule has 2 rings (SSSR count). The van der Waals surface area contributed by atoms with Gasteiger partial charge in [-0.25, -0.2) is 0 Å². The van der Waals surface area contributed by atoms with E-state index in [0.717, 1.165) is 26.2 Å². The third kappa shape index (κ3) is 27.8. The Morgan fingerprint density at radius 3 is 1.57 bits per heavy atom. The predicted molar refractivity (Wildman–Crippen MR) is 135 cm³/mol. The van der Waals surface area contributed by atoms with E-state index in [-0.39, 0.29) is 0 Å². The Kier molecular flexibility index (Phi) is 20.1. The maximum atomic E-state index is 10.7. The fourth-order valence-electron chi connectivity index (χ4n) is 2.02. The van der Waals surface area contributed by atoms with Gasteiger partial charge in [0.2, 0.25) is 0 Å². The van der Waals surface area contributed by atoms with Gasteiger partial charge in [0.15, 0.2) is 0 Å². The lowest BCUT2D eigenvalue weighted by Crippen LogP contribution is -2.83. The van der Waals surface area contributed by atoms with Crippen molar-refractivity contribution < 1.29 is 48.7 Å². The molecule has 0 saturated carbocycles. The molecule has 0 saturated heterocycles. The van der Waals surface area contributed by atoms with E-state index in [1.54, 1.807) is 0 Å². The summed E-state index contributed by atoms with van der Waals surface area (Å²) in [5, 5.41) is 5.50. The Morgan fingerprint density at radius 1 is 0.865 bits per heavy atom. The van der Waals surface area contributed by atoms with Gasteiger partial charge >= 0.3 is 22.9 Å². The normalized spacial score (nSPS) is 11.6. The van der Waals surface area contributed by atoms with Crippen molar-refractivity contribution in [2.24, 2.45) is 0 Å². The van der Waals surface area contributed by atoms with Crippen LogP contribution < -0.4 is 10.6 Å². The summed E-state index contributed by atoms with van der Waals surface area (Å²) in [6.45, 7) is 8.47. The van der Waals surface area contributed by atoms with Gasteiger partial charge in [-0.3, -0.25) is 4.55 Å². The Bertz CT molecular complexity index is 912. The zero-order valence-electron chi connectivity index (χ0n) is 20.4. The van der Waals surface area contributed by atoms with Crippen molar-refractivity contribution in [1.82, 2.24) is 5.32 Å². The largest absolute Gasteiger partial charge is 0.673 e. The number of hydrogen-bond acceptors (Lipinski definition) is 3. The number of nitrogens with two attached hydrogens (primary N) is 1. The van der Waals surface area contributed by atoms with Crippen LogP contribution in [0, 0.1) is 0 Å². The standard InChI is InChI=1S/2C11H15N.CHF3O3S.BF4/c2*1-2-12-10-6-9-11-7-4-3-5-8-11;2-1(3,4)8(5,6)7;2-1(3,4)5/h2*3-9,12H,2,10H2,1H3;(H,5,6,7);/q;;;-1/p+1. The molecule has 0 unspecified atom stereocenters. The van der Waals surface area contributed by atoms with Crippen LogP contribution in [0.25, 0.3) is 12.2 Å². The summed E-state index contributed by atoms with van der Waals surface area (Å²) in [6.07, 6.45) is 8.62. The molecule has 14 heteroatoms. The predicted octanol–water partition coefficient (Wildman–Crippen LogP) is 5.29. The van der Waals surface area contributed by atoms with Gasteiger partial charge in [-0.2, -0.15) is 21.6 Å². The van der Waals surface area contributed by atoms with Crippen LogP contribution in [-0.4, -0.2) is 51.9 Å². The van der Waals surface area contributed by atoms with E-state index in [1.807, 2.05) is 24.3 Å². The van der Waals surface area contributed by atoms with Gasteiger partial charge in [-0.1, -0.05) is 85.8 Å². The number of alkyl halides is 3. The fraction of sp³-hybridized carbons (Fsp3) is 0.304. The molecule has 210 valence electrons. The van der Waals surface area contributed by atoms with Crippen LogP contribution in [0.1, 0.15) is 25.0 Å². The van der Waals surface area contributed by atoms with E-state index in [2.05, 4.69) is 85.2 Å². The van der Waals surface area contributed by atoms with Crippen molar-refractivity contribution >= 4 is 29.5 Å². The first-order valence-electron chi connectivity index (χ1n) is 11.0. The van der Waals surface area contributed by atoms with E-state index in [4.69, 9.17) is 13.0 Å². The van der Waals surface area contributed by atoms with E-state index in [0.29, 0.717) is 0 Å². The van der Waals surface area contributed by atoms with Crippen molar-refractivity contribution in [2.45, 2.75) is 19.4 Å². The first-order valence-corrected chi connectivity index (χ1v) is 12.4. The lowest BCUT2D eigenvalue weighted by molar-refractivity contribution is -0.642. The van der Waals surface area contributed by atoms with Crippen LogP contribution >= 0.6 is 0 Å². The number of quaternary nitrogens is 1. The number of nitrogens with one attached hydrogen (secondary N) is 1. The zero-order valence-corrected chi connectivity index (χ0v) is 21.2. The molecule has 0 radical (unpaired) electrons. The summed E-state index contributed by atoms with van der Waals surface area (Å²) in [6, 6.07) is 20.7. The smallest absolute Gasteiger partial charge is 0.418 e. The van der Waals surface area contributed by atoms with Crippen LogP contribution in [0.3, 0.4) is 0 Å². The van der Waals surface area contributed by atoms with E-state index >= 15 is 0 Å². The average Bonchev–Trinajstić information content (AvgIpc) is 2.80. The summed E-state index contributed by atoms with van der Waals surface area (Å²) in [7, 11) is -11.8. The molecule has 5 nitrogen and oxygen atoms in total. The average molecular weight is 560 g/mol. The molecular weight excluding hydrogens is 528 g/mol. The van der Waals surface area contributed by atoms with Crippen LogP contribution in [0.4, 0.5) is 30.4 Å². The molecule has 0 aliphatic carbocycles. The molecule has 0 atom stereocenters. The number of hydrogen-bond donors (Lipinski definition) is 3. The van der Waals surface area contributed by atoms with Gasteiger partial charge in [0.1, 0.15) is 0 Å². The van der Waals surface area contributed by atoms with Crippen LogP contribution in [0.5, 0.6) is 0 Å². The van der Waals surface area contributed by atoms with Gasteiger partial charge in [0.25, 0.3) is 0 Å². The highest BCUT2D eigenvalue weighted by Gasteiger charge is 2.44. The Hall–Kier alpha value is -2.68. The summed E-state index contributed by atoms with van der Waals surface area (Å²) in [4.78, 5) is 0. The molecule has 0 spiro atoms. The second kappa shape index (κ2) is 20.4. The lowest BCUT2D eigenvalue weighted by atomic mass is 10.2. The number of likely N-dealkylation sites (N-methyl/N-ethyl adjacent to an activating group) is 2. The van der Waals surface area contributed by atoms with Gasteiger partial charge in [-0.05, 0) is 30.7 Å². The van der Waals surface area contributed by atoms with E-state index < -0.39 is 22.9 Å². The summed E-state index contributed by atoms with van der Waals surface area (Å²) in [5.74, 6) is 0. The summed E-state index contributed by atoms with van der Waals surface area (Å²) < 4.78 is 96.5. The van der Waals surface area contributed by atoms with Crippen LogP contribution in [-0.2, 0) is 10.1 Å². The molecular formula is C23H32BF7N2O3S. The highest BCUT2D eigenvalue weighted by atomic mass is 32.2. The minimum absolute atomic E-state index is 0.950. The van der Waals surface area contributed by atoms with Crippen LogP contribution in [0.15, 0.2) is 72.8 Å². The molecule has 0 bridgehead atoms. The maximum absolute atomic E-state index is 10.7. The van der Waals surface area contributed by atoms with Crippen LogP contribution in [0.2, 0.25) is 0 Å². The first-order chi connectivity index (χ1) is 17.1. The molecule has 0 amide bonds. The lowest BCUT2D eigenvalue weighted by Gasteiger charge is -1.97. The molecule has 0 heterocycles. The first kappa shape index (κ1) is 36.5. The third-order valence-electron chi connectivity index (χ3n) is 3.62. The minimum Gasteiger partial charge on any atom is -0.418 e. The second-order valence-corrected chi connectivity index (χ2v) is 8.20. The summed E-state index contributed by atoms with van der Waals surface area (Å²) >= 11 is 0. The van der Waals surface area contributed by atoms with Crippen molar-refractivity contribution in [3.05, 3.63) is 83.9 Å². The van der Waals surface area contributed by atoms with Gasteiger partial charge in [-0.15, -0.1) is 0 Å². The molecule has 0 fully saturated rings. The molecule has 0 aliphatic rings. The molecule has 4 N–H and O–H groups in total. The Labute approximate surface area is 213 Å².